The summed E-state index contributed by atoms with van der Waals surface area (Å²) >= 11 is 6.23. The maximum atomic E-state index is 6.23. The Bertz CT molecular complexity index is 581. The maximum absolute atomic E-state index is 6.23. The highest BCUT2D eigenvalue weighted by molar-refractivity contribution is 6.31. The van der Waals surface area contributed by atoms with Gasteiger partial charge in [-0.15, -0.1) is 0 Å². The van der Waals surface area contributed by atoms with E-state index in [2.05, 4.69) is 22.4 Å². The van der Waals surface area contributed by atoms with E-state index in [0.717, 1.165) is 17.0 Å². The van der Waals surface area contributed by atoms with Crippen LogP contribution in [0, 0.1) is 0 Å². The Morgan fingerprint density at radius 3 is 2.60 bits per heavy atom. The summed E-state index contributed by atoms with van der Waals surface area (Å²) in [6.07, 6.45) is 4.52. The van der Waals surface area contributed by atoms with Crippen molar-refractivity contribution >= 4 is 11.6 Å². The molecule has 1 saturated carbocycles. The number of hydrogen-bond donors (Lipinski definition) is 1. The molecule has 2 aromatic rings. The summed E-state index contributed by atoms with van der Waals surface area (Å²) in [5.41, 5.74) is 1.96. The summed E-state index contributed by atoms with van der Waals surface area (Å²) in [4.78, 5) is 4.38. The molecular weight excluding hydrogens is 272 g/mol. The van der Waals surface area contributed by atoms with Crippen LogP contribution in [0.3, 0.4) is 0 Å². The Morgan fingerprint density at radius 2 is 2.00 bits per heavy atom. The minimum Gasteiger partial charge on any atom is -0.490 e. The zero-order valence-electron chi connectivity index (χ0n) is 11.3. The largest absolute Gasteiger partial charge is 0.490 e. The molecule has 104 valence electrons. The monoisotopic (exact) mass is 288 g/mol. The summed E-state index contributed by atoms with van der Waals surface area (Å²) in [5.74, 6) is 0.929. The Hall–Kier alpha value is -1.58. The molecule has 4 heteroatoms. The first-order valence-electron chi connectivity index (χ1n) is 6.82. The fourth-order valence-electron chi connectivity index (χ4n) is 2.19. The van der Waals surface area contributed by atoms with Crippen LogP contribution in [0.5, 0.6) is 5.75 Å². The molecule has 1 atom stereocenters. The van der Waals surface area contributed by atoms with E-state index in [4.69, 9.17) is 16.3 Å². The molecule has 1 unspecified atom stereocenters. The third-order valence-electron chi connectivity index (χ3n) is 3.39. The number of halogens is 1. The van der Waals surface area contributed by atoms with Crippen molar-refractivity contribution in [1.82, 2.24) is 10.3 Å². The molecule has 1 fully saturated rings. The van der Waals surface area contributed by atoms with Crippen LogP contribution >= 0.6 is 11.6 Å². The van der Waals surface area contributed by atoms with Gasteiger partial charge >= 0.3 is 0 Å². The molecule has 1 aliphatic carbocycles. The predicted molar refractivity (Wildman–Crippen MR) is 80.2 cm³/mol. The fraction of sp³-hybridized carbons (Fsp3) is 0.312. The van der Waals surface area contributed by atoms with Gasteiger partial charge in [-0.1, -0.05) is 23.7 Å². The molecule has 3 rings (SSSR count). The number of hydrogen-bond acceptors (Lipinski definition) is 3. The average Bonchev–Trinajstić information content (AvgIpc) is 3.27. The maximum Gasteiger partial charge on any atom is 0.119 e. The van der Waals surface area contributed by atoms with Crippen molar-refractivity contribution in [3.05, 3.63) is 58.9 Å². The Labute approximate surface area is 123 Å². The molecule has 0 spiro atoms. The second-order valence-electron chi connectivity index (χ2n) is 4.98. The lowest BCUT2D eigenvalue weighted by Crippen LogP contribution is -2.19. The lowest BCUT2D eigenvalue weighted by Gasteiger charge is -2.17. The van der Waals surface area contributed by atoms with Crippen LogP contribution < -0.4 is 10.1 Å². The zero-order valence-corrected chi connectivity index (χ0v) is 12.1. The highest BCUT2D eigenvalue weighted by Crippen LogP contribution is 2.30. The van der Waals surface area contributed by atoms with Crippen molar-refractivity contribution in [2.24, 2.45) is 0 Å². The SMILES string of the molecule is CNC(c1ccc(OC2CC2)cc1)c1ncccc1Cl. The molecule has 0 bridgehead atoms. The molecule has 3 nitrogen and oxygen atoms in total. The summed E-state index contributed by atoms with van der Waals surface area (Å²) in [5, 5.41) is 3.93. The van der Waals surface area contributed by atoms with Crippen LogP contribution in [0.4, 0.5) is 0 Å². The highest BCUT2D eigenvalue weighted by Gasteiger charge is 2.23. The van der Waals surface area contributed by atoms with E-state index in [1.54, 1.807) is 6.20 Å². The zero-order chi connectivity index (χ0) is 13.9. The van der Waals surface area contributed by atoms with Crippen LogP contribution in [0.2, 0.25) is 5.02 Å². The Morgan fingerprint density at radius 1 is 1.25 bits per heavy atom. The van der Waals surface area contributed by atoms with Gasteiger partial charge in [-0.25, -0.2) is 0 Å². The molecule has 20 heavy (non-hydrogen) atoms. The van der Waals surface area contributed by atoms with Crippen LogP contribution in [-0.4, -0.2) is 18.1 Å². The van der Waals surface area contributed by atoms with E-state index in [9.17, 15) is 0 Å². The quantitative estimate of drug-likeness (QED) is 0.913. The van der Waals surface area contributed by atoms with E-state index >= 15 is 0 Å². The van der Waals surface area contributed by atoms with Crippen molar-refractivity contribution in [3.8, 4) is 5.75 Å². The number of benzene rings is 1. The van der Waals surface area contributed by atoms with E-state index in [1.165, 1.54) is 12.8 Å². The molecule has 0 aliphatic heterocycles. The summed E-state index contributed by atoms with van der Waals surface area (Å²) in [7, 11) is 1.91. The molecule has 1 aromatic carbocycles. The second-order valence-corrected chi connectivity index (χ2v) is 5.39. The minimum atomic E-state index is -0.0151. The number of nitrogens with zero attached hydrogens (tertiary/aromatic N) is 1. The predicted octanol–water partition coefficient (Wildman–Crippen LogP) is 3.59. The normalized spacial score (nSPS) is 15.9. The summed E-state index contributed by atoms with van der Waals surface area (Å²) in [6.45, 7) is 0. The van der Waals surface area contributed by atoms with Gasteiger partial charge in [-0.05, 0) is 49.7 Å². The van der Waals surface area contributed by atoms with E-state index in [1.807, 2.05) is 31.3 Å². The van der Waals surface area contributed by atoms with Crippen molar-refractivity contribution in [2.45, 2.75) is 25.0 Å². The van der Waals surface area contributed by atoms with E-state index in [-0.39, 0.29) is 6.04 Å². The Balaban J connectivity index is 1.83. The first kappa shape index (κ1) is 13.4. The van der Waals surface area contributed by atoms with E-state index < -0.39 is 0 Å². The number of pyridine rings is 1. The van der Waals surface area contributed by atoms with Gasteiger partial charge in [0.25, 0.3) is 0 Å². The molecule has 1 aliphatic rings. The van der Waals surface area contributed by atoms with Gasteiger partial charge in [0, 0.05) is 6.20 Å². The molecule has 0 saturated heterocycles. The third-order valence-corrected chi connectivity index (χ3v) is 3.71. The number of aromatic nitrogens is 1. The first-order chi connectivity index (χ1) is 9.78. The summed E-state index contributed by atoms with van der Waals surface area (Å²) in [6, 6.07) is 11.8. The number of ether oxygens (including phenoxy) is 1. The van der Waals surface area contributed by atoms with Gasteiger partial charge < -0.3 is 10.1 Å². The first-order valence-corrected chi connectivity index (χ1v) is 7.20. The van der Waals surface area contributed by atoms with Crippen LogP contribution in [0.15, 0.2) is 42.6 Å². The van der Waals surface area contributed by atoms with Crippen LogP contribution in [0.1, 0.15) is 30.1 Å². The van der Waals surface area contributed by atoms with Gasteiger partial charge in [-0.2, -0.15) is 0 Å². The van der Waals surface area contributed by atoms with Crippen molar-refractivity contribution in [3.63, 3.8) is 0 Å². The van der Waals surface area contributed by atoms with Gasteiger partial charge in [0.2, 0.25) is 0 Å². The topological polar surface area (TPSA) is 34.1 Å². The number of rotatable bonds is 5. The molecule has 1 aromatic heterocycles. The second kappa shape index (κ2) is 5.81. The van der Waals surface area contributed by atoms with Gasteiger partial charge in [-0.3, -0.25) is 4.98 Å². The van der Waals surface area contributed by atoms with E-state index in [0.29, 0.717) is 11.1 Å². The van der Waals surface area contributed by atoms with Crippen LogP contribution in [0.25, 0.3) is 0 Å². The van der Waals surface area contributed by atoms with Gasteiger partial charge in [0.05, 0.1) is 22.9 Å². The fourth-order valence-corrected chi connectivity index (χ4v) is 2.42. The van der Waals surface area contributed by atoms with Crippen LogP contribution in [-0.2, 0) is 0 Å². The van der Waals surface area contributed by atoms with Crippen molar-refractivity contribution in [2.75, 3.05) is 7.05 Å². The molecular formula is C16H17ClN2O. The lowest BCUT2D eigenvalue weighted by molar-refractivity contribution is 0.303. The lowest BCUT2D eigenvalue weighted by atomic mass is 10.0. The molecule has 0 radical (unpaired) electrons. The molecule has 0 amide bonds. The highest BCUT2D eigenvalue weighted by atomic mass is 35.5. The third kappa shape index (κ3) is 2.94. The minimum absolute atomic E-state index is 0.0151. The Kier molecular flexibility index (Phi) is 3.90. The van der Waals surface area contributed by atoms with Crippen molar-refractivity contribution < 1.29 is 4.74 Å². The van der Waals surface area contributed by atoms with Crippen molar-refractivity contribution in [1.29, 1.82) is 0 Å². The molecule has 1 N–H and O–H groups in total. The van der Waals surface area contributed by atoms with Gasteiger partial charge in [0.1, 0.15) is 5.75 Å². The number of nitrogens with one attached hydrogen (secondary N) is 1. The summed E-state index contributed by atoms with van der Waals surface area (Å²) < 4.78 is 5.76. The smallest absolute Gasteiger partial charge is 0.119 e. The standard InChI is InChI=1S/C16H17ClN2O/c1-18-15(16-14(17)3-2-10-19-16)11-4-6-12(7-5-11)20-13-8-9-13/h2-7,10,13,15,18H,8-9H2,1H3. The molecule has 1 heterocycles. The average molecular weight is 289 g/mol. The van der Waals surface area contributed by atoms with Gasteiger partial charge in [0.15, 0.2) is 0 Å².